The van der Waals surface area contributed by atoms with Crippen LogP contribution in [0.3, 0.4) is 0 Å². The van der Waals surface area contributed by atoms with Crippen LogP contribution < -0.4 is 0 Å². The third kappa shape index (κ3) is 14.2. The fourth-order valence-corrected chi connectivity index (χ4v) is 10.1. The summed E-state index contributed by atoms with van der Waals surface area (Å²) in [5, 5.41) is 33.8. The highest BCUT2D eigenvalue weighted by Gasteiger charge is 2.53. The van der Waals surface area contributed by atoms with Gasteiger partial charge in [-0.2, -0.15) is 0 Å². The van der Waals surface area contributed by atoms with Crippen LogP contribution in [0.4, 0.5) is 0 Å². The minimum Gasteiger partial charge on any atom is -0.460 e. The Kier molecular flexibility index (Phi) is 21.0. The van der Waals surface area contributed by atoms with Gasteiger partial charge in [0.1, 0.15) is 30.1 Å². The second-order valence-electron chi connectivity index (χ2n) is 19.4. The van der Waals surface area contributed by atoms with Gasteiger partial charge in [0, 0.05) is 58.5 Å². The van der Waals surface area contributed by atoms with Gasteiger partial charge in [0.25, 0.3) is 11.7 Å². The minimum absolute atomic E-state index is 0.0742. The Morgan fingerprint density at radius 2 is 1.56 bits per heavy atom. The number of esters is 1. The third-order valence-electron chi connectivity index (χ3n) is 14.3. The van der Waals surface area contributed by atoms with Crippen molar-refractivity contribution in [3.05, 3.63) is 36.0 Å². The average Bonchev–Trinajstić information content (AvgIpc) is 3.27. The molecule has 0 unspecified atom stereocenters. The molecule has 1 aliphatic carbocycles. The normalized spacial score (nSPS) is 39.3. The van der Waals surface area contributed by atoms with Crippen LogP contribution in [0.25, 0.3) is 0 Å². The number of nitrogens with zero attached hydrogens (tertiary/aromatic N) is 1. The summed E-state index contributed by atoms with van der Waals surface area (Å²) in [6, 6.07) is -1.13. The van der Waals surface area contributed by atoms with Crippen LogP contribution in [0.2, 0.25) is 0 Å². The number of aliphatic hydroxyl groups is 3. The molecule has 15 atom stereocenters. The van der Waals surface area contributed by atoms with Crippen molar-refractivity contribution in [3.8, 4) is 0 Å². The summed E-state index contributed by atoms with van der Waals surface area (Å²) in [5.74, 6) is -7.78. The van der Waals surface area contributed by atoms with Crippen LogP contribution >= 0.6 is 0 Å². The first-order valence-electron chi connectivity index (χ1n) is 23.8. The van der Waals surface area contributed by atoms with Gasteiger partial charge in [-0.25, -0.2) is 4.79 Å². The van der Waals surface area contributed by atoms with E-state index in [1.165, 1.54) is 12.0 Å². The van der Waals surface area contributed by atoms with Crippen molar-refractivity contribution >= 4 is 29.2 Å². The van der Waals surface area contributed by atoms with Gasteiger partial charge in [-0.3, -0.25) is 19.2 Å². The standard InChI is InChI=1S/C50H79NO13/c1-30-16-12-10-11-13-17-37(60-7)28-38-21-19-35(6)50(59,64-38)47(56)48(57)51-23-15-14-18-39(51)49(58)63-42(32(3)26-36-20-22-40(52)43(27-36)61-8)29-41(53)31(2)25-34(5)45(55)46(62-9)44(54)33(4)24-30/h12-13,16-17,25,30-33,35-40,42-43,45-46,52,55,59H,10-11,14-15,18-24,26-29H2,1-9H3/b16-12+,17-13+,34-25?/t30-,31-,32-,33-,35-,36-,37-,38+,39+,40-,42+,43-,45-,46+,50-/m1/s1. The molecule has 4 rings (SSSR count). The molecule has 3 aliphatic heterocycles. The summed E-state index contributed by atoms with van der Waals surface area (Å²) in [6.45, 7) is 10.9. The quantitative estimate of drug-likeness (QED) is 0.159. The topological polar surface area (TPSA) is 195 Å². The number of carbonyl (C=O) groups excluding carboxylic acids is 5. The van der Waals surface area contributed by atoms with Crippen molar-refractivity contribution < 1.29 is 63.0 Å². The molecule has 1 saturated carbocycles. The molecule has 0 aromatic rings. The molecule has 0 spiro atoms. The summed E-state index contributed by atoms with van der Waals surface area (Å²) >= 11 is 0. The number of allylic oxidation sites excluding steroid dienone is 4. The van der Waals surface area contributed by atoms with E-state index < -0.39 is 77.8 Å². The Morgan fingerprint density at radius 1 is 0.859 bits per heavy atom. The molecule has 14 heteroatoms. The SMILES string of the molecule is CO[C@@H]1/C=C/CC/C=C/[C@@H](C)C[C@@H](C)C(=O)[C@H](OC)[C@H](O)C(C)=C[C@@H](C)C(=O)C[C@@H]([C@H](C)C[C@H]2CC[C@@H](O)[C@H](OC)C2)OC(=O)[C@@H]2CCCCN2C(=O)C(=O)[C@]2(O)O[C@@H](CC[C@H]2C)C1. The lowest BCUT2D eigenvalue weighted by Crippen LogP contribution is -2.60. The van der Waals surface area contributed by atoms with Gasteiger partial charge in [-0.1, -0.05) is 65.0 Å². The summed E-state index contributed by atoms with van der Waals surface area (Å²) in [7, 11) is 4.53. The zero-order chi connectivity index (χ0) is 47.3. The zero-order valence-corrected chi connectivity index (χ0v) is 39.9. The molecule has 0 radical (unpaired) electrons. The van der Waals surface area contributed by atoms with Crippen LogP contribution in [-0.4, -0.2) is 132 Å². The second-order valence-corrected chi connectivity index (χ2v) is 19.4. The Balaban J connectivity index is 1.67. The number of carbonyl (C=O) groups is 5. The third-order valence-corrected chi connectivity index (χ3v) is 14.3. The molecule has 3 N–H and O–H groups in total. The number of ketones is 3. The van der Waals surface area contributed by atoms with E-state index in [-0.39, 0.29) is 60.9 Å². The van der Waals surface area contributed by atoms with Crippen molar-refractivity contribution in [2.45, 2.75) is 186 Å². The number of Topliss-reactive ketones (excluding diaryl/α,β-unsaturated/α-hetero) is 3. The molecule has 4 aliphatic rings. The molecule has 64 heavy (non-hydrogen) atoms. The van der Waals surface area contributed by atoms with Crippen molar-refractivity contribution in [2.24, 2.45) is 35.5 Å². The highest BCUT2D eigenvalue weighted by Crippen LogP contribution is 2.37. The molecular formula is C50H79NO13. The first-order valence-corrected chi connectivity index (χ1v) is 23.8. The number of rotatable bonds is 6. The minimum atomic E-state index is -2.41. The molecule has 362 valence electrons. The Bertz CT molecular complexity index is 1660. The maximum Gasteiger partial charge on any atom is 0.329 e. The van der Waals surface area contributed by atoms with Gasteiger partial charge in [0.15, 0.2) is 5.78 Å². The van der Waals surface area contributed by atoms with Gasteiger partial charge in [-0.15, -0.1) is 0 Å². The first kappa shape index (κ1) is 53.5. The summed E-state index contributed by atoms with van der Waals surface area (Å²) < 4.78 is 29.2. The fraction of sp³-hybridized carbons (Fsp3) is 0.780. The largest absolute Gasteiger partial charge is 0.460 e. The number of hydrogen-bond acceptors (Lipinski definition) is 13. The smallest absolute Gasteiger partial charge is 0.329 e. The Labute approximate surface area is 381 Å². The van der Waals surface area contributed by atoms with Crippen molar-refractivity contribution in [1.29, 1.82) is 0 Å². The number of fused-ring (bicyclic) bond motifs is 3. The Hall–Kier alpha value is -3.11. The lowest BCUT2D eigenvalue weighted by molar-refractivity contribution is -0.265. The number of aliphatic hydroxyl groups excluding tert-OH is 2. The molecule has 2 bridgehead atoms. The number of methoxy groups -OCH3 is 3. The lowest BCUT2D eigenvalue weighted by atomic mass is 9.78. The molecule has 0 aromatic carbocycles. The van der Waals surface area contributed by atoms with Gasteiger partial charge in [-0.05, 0) is 107 Å². The van der Waals surface area contributed by atoms with E-state index in [1.54, 1.807) is 41.1 Å². The van der Waals surface area contributed by atoms with Gasteiger partial charge in [0.05, 0.1) is 24.4 Å². The Morgan fingerprint density at radius 3 is 2.23 bits per heavy atom. The van der Waals surface area contributed by atoms with Gasteiger partial charge >= 0.3 is 5.97 Å². The number of cyclic esters (lactones) is 1. The predicted octanol–water partition coefficient (Wildman–Crippen LogP) is 6.01. The maximum absolute atomic E-state index is 14.3. The molecule has 3 heterocycles. The second kappa shape index (κ2) is 25.1. The molecule has 1 amide bonds. The van der Waals surface area contributed by atoms with E-state index >= 15 is 0 Å². The molecule has 3 fully saturated rings. The number of piperidine rings is 1. The summed E-state index contributed by atoms with van der Waals surface area (Å²) in [6.07, 6.45) is 11.4. The van der Waals surface area contributed by atoms with Crippen LogP contribution in [0.15, 0.2) is 36.0 Å². The van der Waals surface area contributed by atoms with Crippen molar-refractivity contribution in [3.63, 3.8) is 0 Å². The first-order chi connectivity index (χ1) is 30.3. The summed E-state index contributed by atoms with van der Waals surface area (Å²) in [5.41, 5.74) is 0.396. The lowest BCUT2D eigenvalue weighted by Gasteiger charge is -2.42. The molecule has 14 nitrogen and oxygen atoms in total. The van der Waals surface area contributed by atoms with Crippen LogP contribution in [0.1, 0.15) is 131 Å². The van der Waals surface area contributed by atoms with E-state index in [9.17, 15) is 39.3 Å². The van der Waals surface area contributed by atoms with Crippen LogP contribution in [0.5, 0.6) is 0 Å². The van der Waals surface area contributed by atoms with Crippen molar-refractivity contribution in [1.82, 2.24) is 4.90 Å². The van der Waals surface area contributed by atoms with Crippen LogP contribution in [0, 0.1) is 35.5 Å². The fourth-order valence-electron chi connectivity index (χ4n) is 10.1. The highest BCUT2D eigenvalue weighted by molar-refractivity contribution is 6.39. The average molecular weight is 902 g/mol. The molecular weight excluding hydrogens is 823 g/mol. The van der Waals surface area contributed by atoms with E-state index in [1.807, 2.05) is 32.9 Å². The zero-order valence-electron chi connectivity index (χ0n) is 39.9. The van der Waals surface area contributed by atoms with Crippen molar-refractivity contribution in [2.75, 3.05) is 27.9 Å². The van der Waals surface area contributed by atoms with E-state index in [0.29, 0.717) is 63.4 Å². The van der Waals surface area contributed by atoms with Crippen LogP contribution in [-0.2, 0) is 47.7 Å². The predicted molar refractivity (Wildman–Crippen MR) is 241 cm³/mol. The number of ether oxygens (including phenoxy) is 5. The van der Waals surface area contributed by atoms with E-state index in [2.05, 4.69) is 12.2 Å². The monoisotopic (exact) mass is 902 g/mol. The number of amides is 1. The van der Waals surface area contributed by atoms with Gasteiger partial charge in [0.2, 0.25) is 5.79 Å². The maximum atomic E-state index is 14.3. The van der Waals surface area contributed by atoms with E-state index in [0.717, 1.165) is 19.3 Å². The van der Waals surface area contributed by atoms with Gasteiger partial charge < -0.3 is 43.9 Å². The molecule has 2 saturated heterocycles. The molecule has 0 aromatic heterocycles. The highest BCUT2D eigenvalue weighted by atomic mass is 16.6. The summed E-state index contributed by atoms with van der Waals surface area (Å²) in [4.78, 5) is 71.6. The van der Waals surface area contributed by atoms with E-state index in [4.69, 9.17) is 23.7 Å². The number of hydrogen-bond donors (Lipinski definition) is 3.